The highest BCUT2D eigenvalue weighted by Crippen LogP contribution is 2.47. The molecule has 4 rings (SSSR count). The van der Waals surface area contributed by atoms with Crippen LogP contribution < -0.4 is 4.74 Å². The van der Waals surface area contributed by atoms with Crippen molar-refractivity contribution in [1.29, 1.82) is 0 Å². The summed E-state index contributed by atoms with van der Waals surface area (Å²) in [5, 5.41) is 10.2. The van der Waals surface area contributed by atoms with Gasteiger partial charge in [0, 0.05) is 6.42 Å². The standard InChI is InChI=1S/C27H25NO5/c1-3-16-33-19-14-12-18(13-15-19)17-24(26(29)30)28(27(31)32-2)25-22-10-6-4-8-20(22)21-9-5-7-11-23(21)25/h3-15,24-25H,1,16-17H2,2H3,(H,29,30)/t24-/m1/s1. The first-order valence-electron chi connectivity index (χ1n) is 10.6. The van der Waals surface area contributed by atoms with Crippen molar-refractivity contribution in [3.63, 3.8) is 0 Å². The largest absolute Gasteiger partial charge is 0.490 e. The predicted molar refractivity (Wildman–Crippen MR) is 125 cm³/mol. The third-order valence-corrected chi connectivity index (χ3v) is 5.81. The molecule has 1 aliphatic rings. The van der Waals surface area contributed by atoms with Crippen LogP contribution >= 0.6 is 0 Å². The van der Waals surface area contributed by atoms with E-state index in [1.54, 1.807) is 30.3 Å². The molecule has 1 aliphatic carbocycles. The van der Waals surface area contributed by atoms with Crippen LogP contribution in [0.1, 0.15) is 22.7 Å². The molecule has 0 unspecified atom stereocenters. The zero-order valence-corrected chi connectivity index (χ0v) is 18.3. The van der Waals surface area contributed by atoms with E-state index < -0.39 is 24.1 Å². The number of carbonyl (C=O) groups is 2. The maximum Gasteiger partial charge on any atom is 0.411 e. The lowest BCUT2D eigenvalue weighted by Crippen LogP contribution is -2.48. The Balaban J connectivity index is 1.73. The van der Waals surface area contributed by atoms with Crippen LogP contribution in [0.2, 0.25) is 0 Å². The Morgan fingerprint density at radius 3 is 2.09 bits per heavy atom. The molecule has 6 heteroatoms. The van der Waals surface area contributed by atoms with Crippen LogP contribution in [-0.4, -0.2) is 41.8 Å². The maximum atomic E-state index is 13.0. The summed E-state index contributed by atoms with van der Waals surface area (Å²) in [6.07, 6.45) is 1.08. The molecule has 1 amide bonds. The van der Waals surface area contributed by atoms with Gasteiger partial charge in [0.25, 0.3) is 0 Å². The highest BCUT2D eigenvalue weighted by molar-refractivity contribution is 5.85. The third-order valence-electron chi connectivity index (χ3n) is 5.81. The van der Waals surface area contributed by atoms with E-state index in [0.717, 1.165) is 27.8 Å². The molecule has 0 bridgehead atoms. The van der Waals surface area contributed by atoms with Crippen LogP contribution in [0, 0.1) is 0 Å². The fourth-order valence-corrected chi connectivity index (χ4v) is 4.35. The van der Waals surface area contributed by atoms with Gasteiger partial charge in [0.15, 0.2) is 0 Å². The second kappa shape index (κ2) is 9.61. The van der Waals surface area contributed by atoms with E-state index in [-0.39, 0.29) is 6.42 Å². The number of benzene rings is 3. The normalized spacial score (nSPS) is 12.9. The lowest BCUT2D eigenvalue weighted by Gasteiger charge is -2.34. The molecule has 3 aromatic carbocycles. The molecular formula is C27H25NO5. The van der Waals surface area contributed by atoms with Crippen molar-refractivity contribution in [3.8, 4) is 16.9 Å². The second-order valence-corrected chi connectivity index (χ2v) is 7.76. The van der Waals surface area contributed by atoms with E-state index in [4.69, 9.17) is 9.47 Å². The van der Waals surface area contributed by atoms with Gasteiger partial charge >= 0.3 is 12.1 Å². The van der Waals surface area contributed by atoms with Crippen molar-refractivity contribution in [2.45, 2.75) is 18.5 Å². The number of ether oxygens (including phenoxy) is 2. The summed E-state index contributed by atoms with van der Waals surface area (Å²) in [5.74, 6) is -0.441. The minimum Gasteiger partial charge on any atom is -0.490 e. The quantitative estimate of drug-likeness (QED) is 0.491. The predicted octanol–water partition coefficient (Wildman–Crippen LogP) is 5.09. The van der Waals surface area contributed by atoms with Crippen LogP contribution in [0.3, 0.4) is 0 Å². The third kappa shape index (κ3) is 4.32. The minimum atomic E-state index is -1.14. The van der Waals surface area contributed by atoms with Crippen molar-refractivity contribution in [3.05, 3.63) is 102 Å². The highest BCUT2D eigenvalue weighted by atomic mass is 16.5. The van der Waals surface area contributed by atoms with Crippen molar-refractivity contribution >= 4 is 12.1 Å². The highest BCUT2D eigenvalue weighted by Gasteiger charge is 2.42. The summed E-state index contributed by atoms with van der Waals surface area (Å²) in [7, 11) is 1.27. The minimum absolute atomic E-state index is 0.118. The van der Waals surface area contributed by atoms with Gasteiger partial charge in [-0.05, 0) is 39.9 Å². The van der Waals surface area contributed by atoms with Crippen LogP contribution in [0.15, 0.2) is 85.5 Å². The molecular weight excluding hydrogens is 418 g/mol. The number of carbonyl (C=O) groups excluding carboxylic acids is 1. The molecule has 1 N–H and O–H groups in total. The number of amides is 1. The van der Waals surface area contributed by atoms with E-state index in [9.17, 15) is 14.7 Å². The van der Waals surface area contributed by atoms with E-state index in [1.807, 2.05) is 48.5 Å². The van der Waals surface area contributed by atoms with Gasteiger partial charge in [-0.2, -0.15) is 0 Å². The number of carboxylic acid groups (broad SMARTS) is 1. The summed E-state index contributed by atoms with van der Waals surface area (Å²) >= 11 is 0. The molecule has 0 aromatic heterocycles. The Bertz CT molecular complexity index is 1130. The second-order valence-electron chi connectivity index (χ2n) is 7.76. The van der Waals surface area contributed by atoms with Crippen LogP contribution in [0.5, 0.6) is 5.75 Å². The molecule has 168 valence electrons. The summed E-state index contributed by atoms with van der Waals surface area (Å²) in [4.78, 5) is 26.8. The summed E-state index contributed by atoms with van der Waals surface area (Å²) in [6, 6.07) is 21.0. The fraction of sp³-hybridized carbons (Fsp3) is 0.185. The number of hydrogen-bond acceptors (Lipinski definition) is 4. The lowest BCUT2D eigenvalue weighted by molar-refractivity contribution is -0.143. The molecule has 0 saturated heterocycles. The smallest absolute Gasteiger partial charge is 0.411 e. The number of fused-ring (bicyclic) bond motifs is 3. The van der Waals surface area contributed by atoms with Gasteiger partial charge in [0.1, 0.15) is 18.4 Å². The molecule has 33 heavy (non-hydrogen) atoms. The summed E-state index contributed by atoms with van der Waals surface area (Å²) < 4.78 is 10.6. The van der Waals surface area contributed by atoms with Gasteiger partial charge in [-0.15, -0.1) is 0 Å². The lowest BCUT2D eigenvalue weighted by atomic mass is 9.98. The first-order chi connectivity index (χ1) is 16.0. The number of aliphatic carboxylic acids is 1. The van der Waals surface area contributed by atoms with Crippen LogP contribution in [0.4, 0.5) is 4.79 Å². The van der Waals surface area contributed by atoms with Gasteiger partial charge in [-0.25, -0.2) is 9.59 Å². The van der Waals surface area contributed by atoms with Crippen molar-refractivity contribution in [2.24, 2.45) is 0 Å². The van der Waals surface area contributed by atoms with Crippen molar-refractivity contribution < 1.29 is 24.2 Å². The fourth-order valence-electron chi connectivity index (χ4n) is 4.35. The molecule has 0 fully saturated rings. The average molecular weight is 443 g/mol. The van der Waals surface area contributed by atoms with E-state index in [2.05, 4.69) is 6.58 Å². The molecule has 0 saturated carbocycles. The van der Waals surface area contributed by atoms with Gasteiger partial charge in [-0.1, -0.05) is 73.3 Å². The maximum absolute atomic E-state index is 13.0. The monoisotopic (exact) mass is 443 g/mol. The number of hydrogen-bond donors (Lipinski definition) is 1. The topological polar surface area (TPSA) is 76.1 Å². The van der Waals surface area contributed by atoms with Gasteiger partial charge in [0.2, 0.25) is 0 Å². The molecule has 0 heterocycles. The van der Waals surface area contributed by atoms with Crippen LogP contribution in [0.25, 0.3) is 11.1 Å². The van der Waals surface area contributed by atoms with Crippen molar-refractivity contribution in [2.75, 3.05) is 13.7 Å². The zero-order chi connectivity index (χ0) is 23.4. The molecule has 6 nitrogen and oxygen atoms in total. The van der Waals surface area contributed by atoms with Gasteiger partial charge in [0.05, 0.1) is 13.2 Å². The summed E-state index contributed by atoms with van der Waals surface area (Å²) in [6.45, 7) is 4.01. The number of methoxy groups -OCH3 is 1. The Morgan fingerprint density at radius 2 is 1.58 bits per heavy atom. The molecule has 1 atom stereocenters. The van der Waals surface area contributed by atoms with Crippen LogP contribution in [-0.2, 0) is 16.0 Å². The zero-order valence-electron chi connectivity index (χ0n) is 18.3. The van der Waals surface area contributed by atoms with Gasteiger partial charge in [-0.3, -0.25) is 4.90 Å². The Labute approximate surface area is 192 Å². The molecule has 0 spiro atoms. The van der Waals surface area contributed by atoms with E-state index >= 15 is 0 Å². The van der Waals surface area contributed by atoms with E-state index in [1.165, 1.54) is 12.0 Å². The summed E-state index contributed by atoms with van der Waals surface area (Å²) in [5.41, 5.74) is 4.49. The number of rotatable bonds is 8. The Morgan fingerprint density at radius 1 is 1.00 bits per heavy atom. The molecule has 0 aliphatic heterocycles. The molecule has 3 aromatic rings. The first kappa shape index (κ1) is 22.1. The molecule has 0 radical (unpaired) electrons. The average Bonchev–Trinajstić information content (AvgIpc) is 3.17. The SMILES string of the molecule is C=CCOc1ccc(C[C@H](C(=O)O)N(C(=O)OC)C2c3ccccc3-c3ccccc32)cc1. The number of carboxylic acids is 1. The number of nitrogens with zero attached hydrogens (tertiary/aromatic N) is 1. The Hall–Kier alpha value is -4.06. The van der Waals surface area contributed by atoms with Gasteiger partial charge < -0.3 is 14.6 Å². The Kier molecular flexibility index (Phi) is 6.45. The first-order valence-corrected chi connectivity index (χ1v) is 10.6. The van der Waals surface area contributed by atoms with Crippen molar-refractivity contribution in [1.82, 2.24) is 4.90 Å². The van der Waals surface area contributed by atoms with E-state index in [0.29, 0.717) is 12.4 Å².